The Labute approximate surface area is 65.0 Å². The van der Waals surface area contributed by atoms with Gasteiger partial charge in [0.25, 0.3) is 0 Å². The summed E-state index contributed by atoms with van der Waals surface area (Å²) in [4.78, 5) is 0. The van der Waals surface area contributed by atoms with Gasteiger partial charge in [0, 0.05) is 6.92 Å². The molecule has 4 heteroatoms. The lowest BCUT2D eigenvalue weighted by Gasteiger charge is -2.01. The summed E-state index contributed by atoms with van der Waals surface area (Å²) < 4.78 is 5.28. The fourth-order valence-electron chi connectivity index (χ4n) is 1.35. The van der Waals surface area contributed by atoms with E-state index >= 15 is 0 Å². The molecule has 0 amide bonds. The second-order valence-corrected chi connectivity index (χ2v) is 2.81. The minimum Gasteiger partial charge on any atom is -0.424 e. The van der Waals surface area contributed by atoms with Gasteiger partial charge in [0.15, 0.2) is 0 Å². The second kappa shape index (κ2) is 2.62. The van der Waals surface area contributed by atoms with Crippen molar-refractivity contribution in [3.8, 4) is 0 Å². The van der Waals surface area contributed by atoms with Gasteiger partial charge >= 0.3 is 0 Å². The minimum atomic E-state index is 0.302. The molecule has 1 saturated heterocycles. The lowest BCUT2D eigenvalue weighted by Crippen LogP contribution is -2.12. The van der Waals surface area contributed by atoms with Gasteiger partial charge in [-0.25, -0.2) is 0 Å². The van der Waals surface area contributed by atoms with Crippen LogP contribution in [0.5, 0.6) is 0 Å². The van der Waals surface area contributed by atoms with Crippen molar-refractivity contribution in [2.75, 3.05) is 6.54 Å². The molecule has 0 unspecified atom stereocenters. The molecule has 1 N–H and O–H groups in total. The van der Waals surface area contributed by atoms with Crippen LogP contribution in [-0.2, 0) is 0 Å². The van der Waals surface area contributed by atoms with E-state index in [2.05, 4.69) is 15.5 Å². The highest BCUT2D eigenvalue weighted by molar-refractivity contribution is 4.91. The summed E-state index contributed by atoms with van der Waals surface area (Å²) in [6.45, 7) is 2.87. The van der Waals surface area contributed by atoms with Crippen molar-refractivity contribution in [2.24, 2.45) is 0 Å². The lowest BCUT2D eigenvalue weighted by atomic mass is 10.2. The van der Waals surface area contributed by atoms with E-state index in [0.717, 1.165) is 18.9 Å². The molecule has 60 valence electrons. The van der Waals surface area contributed by atoms with E-state index in [0.29, 0.717) is 11.9 Å². The molecule has 0 saturated carbocycles. The predicted octanol–water partition coefficient (Wildman–Crippen LogP) is 0.803. The molecule has 11 heavy (non-hydrogen) atoms. The lowest BCUT2D eigenvalue weighted by molar-refractivity contribution is 0.413. The van der Waals surface area contributed by atoms with Crippen LogP contribution in [0.4, 0.5) is 0 Å². The zero-order valence-corrected chi connectivity index (χ0v) is 6.50. The predicted molar refractivity (Wildman–Crippen MR) is 39.0 cm³/mol. The highest BCUT2D eigenvalue weighted by Crippen LogP contribution is 2.20. The molecule has 0 radical (unpaired) electrons. The number of aromatic nitrogens is 2. The zero-order chi connectivity index (χ0) is 7.68. The van der Waals surface area contributed by atoms with Crippen molar-refractivity contribution in [1.29, 1.82) is 0 Å². The third kappa shape index (κ3) is 1.26. The second-order valence-electron chi connectivity index (χ2n) is 2.81. The normalized spacial score (nSPS) is 24.3. The first-order chi connectivity index (χ1) is 5.36. The number of aryl methyl sites for hydroxylation is 1. The summed E-state index contributed by atoms with van der Waals surface area (Å²) in [5.41, 5.74) is 0. The van der Waals surface area contributed by atoms with Crippen molar-refractivity contribution in [3.05, 3.63) is 11.8 Å². The van der Waals surface area contributed by atoms with Crippen LogP contribution < -0.4 is 5.32 Å². The molecule has 2 heterocycles. The Morgan fingerprint density at radius 1 is 1.55 bits per heavy atom. The van der Waals surface area contributed by atoms with Crippen molar-refractivity contribution >= 4 is 0 Å². The van der Waals surface area contributed by atoms with Crippen LogP contribution in [0, 0.1) is 6.92 Å². The van der Waals surface area contributed by atoms with Crippen LogP contribution in [-0.4, -0.2) is 16.7 Å². The van der Waals surface area contributed by atoms with Gasteiger partial charge < -0.3 is 9.73 Å². The molecule has 4 nitrogen and oxygen atoms in total. The van der Waals surface area contributed by atoms with Gasteiger partial charge in [0.1, 0.15) is 0 Å². The quantitative estimate of drug-likeness (QED) is 0.648. The fourth-order valence-corrected chi connectivity index (χ4v) is 1.35. The Morgan fingerprint density at radius 2 is 2.45 bits per heavy atom. The van der Waals surface area contributed by atoms with Crippen molar-refractivity contribution in [1.82, 2.24) is 15.5 Å². The van der Waals surface area contributed by atoms with E-state index in [1.807, 2.05) is 6.92 Å². The molecule has 1 atom stereocenters. The molecule has 1 aromatic rings. The van der Waals surface area contributed by atoms with Crippen molar-refractivity contribution in [3.63, 3.8) is 0 Å². The van der Waals surface area contributed by atoms with Crippen LogP contribution in [0.2, 0.25) is 0 Å². The molecule has 1 fully saturated rings. The van der Waals surface area contributed by atoms with Crippen molar-refractivity contribution in [2.45, 2.75) is 25.8 Å². The van der Waals surface area contributed by atoms with Crippen LogP contribution in [0.3, 0.4) is 0 Å². The number of nitrogens with zero attached hydrogens (tertiary/aromatic N) is 2. The smallest absolute Gasteiger partial charge is 0.233 e. The van der Waals surface area contributed by atoms with Gasteiger partial charge in [-0.2, -0.15) is 0 Å². The minimum absolute atomic E-state index is 0.302. The SMILES string of the molecule is Cc1nnc([C@@H]2CCCN2)o1. The van der Waals surface area contributed by atoms with Crippen LogP contribution in [0.25, 0.3) is 0 Å². The van der Waals surface area contributed by atoms with Gasteiger partial charge in [0.2, 0.25) is 11.8 Å². The monoisotopic (exact) mass is 153 g/mol. The van der Waals surface area contributed by atoms with Gasteiger partial charge in [-0.1, -0.05) is 0 Å². The average Bonchev–Trinajstić information content (AvgIpc) is 2.55. The maximum absolute atomic E-state index is 5.28. The first-order valence-electron chi connectivity index (χ1n) is 3.89. The Balaban J connectivity index is 2.15. The fraction of sp³-hybridized carbons (Fsp3) is 0.714. The van der Waals surface area contributed by atoms with Crippen LogP contribution in [0.1, 0.15) is 30.7 Å². The van der Waals surface area contributed by atoms with E-state index < -0.39 is 0 Å². The number of hydrogen-bond acceptors (Lipinski definition) is 4. The molecular weight excluding hydrogens is 142 g/mol. The van der Waals surface area contributed by atoms with E-state index in [-0.39, 0.29) is 0 Å². The maximum atomic E-state index is 5.28. The van der Waals surface area contributed by atoms with Gasteiger partial charge in [0.05, 0.1) is 6.04 Å². The van der Waals surface area contributed by atoms with E-state index in [9.17, 15) is 0 Å². The summed E-state index contributed by atoms with van der Waals surface area (Å²) in [7, 11) is 0. The Kier molecular flexibility index (Phi) is 1.62. The van der Waals surface area contributed by atoms with Crippen LogP contribution >= 0.6 is 0 Å². The Hall–Kier alpha value is -0.900. The first-order valence-corrected chi connectivity index (χ1v) is 3.89. The summed E-state index contributed by atoms with van der Waals surface area (Å²) in [5.74, 6) is 1.38. The number of hydrogen-bond donors (Lipinski definition) is 1. The molecular formula is C7H11N3O. The molecule has 1 aliphatic rings. The van der Waals surface area contributed by atoms with Gasteiger partial charge in [-0.3, -0.25) is 0 Å². The number of nitrogens with one attached hydrogen (secondary N) is 1. The van der Waals surface area contributed by atoms with E-state index in [1.165, 1.54) is 6.42 Å². The first kappa shape index (κ1) is 6.79. The third-order valence-electron chi connectivity index (χ3n) is 1.90. The van der Waals surface area contributed by atoms with Crippen molar-refractivity contribution < 1.29 is 4.42 Å². The Bertz CT molecular complexity index is 240. The van der Waals surface area contributed by atoms with E-state index in [4.69, 9.17) is 4.42 Å². The maximum Gasteiger partial charge on any atom is 0.233 e. The Morgan fingerprint density at radius 3 is 3.00 bits per heavy atom. The largest absolute Gasteiger partial charge is 0.424 e. The van der Waals surface area contributed by atoms with E-state index in [1.54, 1.807) is 0 Å². The molecule has 0 bridgehead atoms. The highest BCUT2D eigenvalue weighted by Gasteiger charge is 2.20. The average molecular weight is 153 g/mol. The van der Waals surface area contributed by atoms with Gasteiger partial charge in [-0.05, 0) is 19.4 Å². The zero-order valence-electron chi connectivity index (χ0n) is 6.50. The summed E-state index contributed by atoms with van der Waals surface area (Å²) in [6.07, 6.45) is 2.31. The molecule has 1 aromatic heterocycles. The molecule has 0 aromatic carbocycles. The highest BCUT2D eigenvalue weighted by atomic mass is 16.4. The molecule has 0 spiro atoms. The molecule has 0 aliphatic carbocycles. The third-order valence-corrected chi connectivity index (χ3v) is 1.90. The number of rotatable bonds is 1. The summed E-state index contributed by atoms with van der Waals surface area (Å²) >= 11 is 0. The standard InChI is InChI=1S/C7H11N3O/c1-5-9-10-7(11-5)6-3-2-4-8-6/h6,8H,2-4H2,1H3/t6-/m0/s1. The molecule has 1 aliphatic heterocycles. The summed E-state index contributed by atoms with van der Waals surface area (Å²) in [5, 5.41) is 11.0. The molecule has 2 rings (SSSR count). The van der Waals surface area contributed by atoms with Crippen LogP contribution in [0.15, 0.2) is 4.42 Å². The van der Waals surface area contributed by atoms with Gasteiger partial charge in [-0.15, -0.1) is 10.2 Å². The topological polar surface area (TPSA) is 51.0 Å². The summed E-state index contributed by atoms with van der Waals surface area (Å²) in [6, 6.07) is 0.302.